The van der Waals surface area contributed by atoms with Gasteiger partial charge in [-0.25, -0.2) is 4.98 Å². The zero-order valence-electron chi connectivity index (χ0n) is 12.7. The fourth-order valence-electron chi connectivity index (χ4n) is 3.40. The molecule has 0 amide bonds. The van der Waals surface area contributed by atoms with Gasteiger partial charge >= 0.3 is 0 Å². The van der Waals surface area contributed by atoms with Crippen molar-refractivity contribution in [3.05, 3.63) is 11.9 Å². The van der Waals surface area contributed by atoms with Gasteiger partial charge in [-0.1, -0.05) is 13.8 Å². The van der Waals surface area contributed by atoms with Crippen LogP contribution in [0.4, 0.5) is 11.8 Å². The minimum atomic E-state index is 0.322. The molecule has 2 aromatic heterocycles. The molecule has 1 aliphatic carbocycles. The largest absolute Gasteiger partial charge is 0.381 e. The first-order valence-corrected chi connectivity index (χ1v) is 7.80. The molecule has 3 heterocycles. The molecule has 2 fully saturated rings. The molecule has 1 aliphatic heterocycles. The molecular weight excluding hydrogens is 264 g/mol. The average molecular weight is 286 g/mol. The van der Waals surface area contributed by atoms with Gasteiger partial charge in [0.05, 0.1) is 0 Å². The molecule has 2 aliphatic rings. The van der Waals surface area contributed by atoms with Crippen LogP contribution >= 0.6 is 0 Å². The average Bonchev–Trinajstić information content (AvgIpc) is 3.16. The van der Waals surface area contributed by atoms with Gasteiger partial charge < -0.3 is 10.6 Å². The van der Waals surface area contributed by atoms with Crippen molar-refractivity contribution in [2.45, 2.75) is 45.4 Å². The van der Waals surface area contributed by atoms with Crippen molar-refractivity contribution in [2.75, 3.05) is 23.7 Å². The number of piperidine rings is 1. The van der Waals surface area contributed by atoms with E-state index in [1.54, 1.807) is 0 Å². The van der Waals surface area contributed by atoms with Crippen LogP contribution in [0.1, 0.15) is 51.1 Å². The molecule has 1 saturated heterocycles. The Labute approximate surface area is 124 Å². The third kappa shape index (κ3) is 2.13. The fourth-order valence-corrected chi connectivity index (χ4v) is 3.40. The van der Waals surface area contributed by atoms with Crippen molar-refractivity contribution in [2.24, 2.45) is 5.41 Å². The van der Waals surface area contributed by atoms with Crippen LogP contribution in [-0.4, -0.2) is 32.7 Å². The highest BCUT2D eigenvalue weighted by Gasteiger charge is 2.32. The number of rotatable bonds is 2. The van der Waals surface area contributed by atoms with Gasteiger partial charge in [0.2, 0.25) is 11.6 Å². The first kappa shape index (κ1) is 12.9. The van der Waals surface area contributed by atoms with Gasteiger partial charge in [0.25, 0.3) is 0 Å². The Bertz CT molecular complexity index is 685. The highest BCUT2D eigenvalue weighted by molar-refractivity contribution is 5.63. The lowest BCUT2D eigenvalue weighted by Crippen LogP contribution is -2.41. The van der Waals surface area contributed by atoms with Crippen LogP contribution in [0.25, 0.3) is 5.65 Å². The molecule has 21 heavy (non-hydrogen) atoms. The highest BCUT2D eigenvalue weighted by Crippen LogP contribution is 2.41. The van der Waals surface area contributed by atoms with E-state index in [4.69, 9.17) is 5.73 Å². The summed E-state index contributed by atoms with van der Waals surface area (Å²) < 4.78 is 2.14. The topological polar surface area (TPSA) is 72.3 Å². The summed E-state index contributed by atoms with van der Waals surface area (Å²) in [6.07, 6.45) is 6.82. The zero-order chi connectivity index (χ0) is 14.6. The Kier molecular flexibility index (Phi) is 2.65. The van der Waals surface area contributed by atoms with Crippen LogP contribution in [0, 0.1) is 5.41 Å². The smallest absolute Gasteiger partial charge is 0.232 e. The molecule has 4 rings (SSSR count). The number of hydrogen-bond donors (Lipinski definition) is 1. The second-order valence-corrected chi connectivity index (χ2v) is 7.19. The molecule has 0 radical (unpaired) electrons. The minimum Gasteiger partial charge on any atom is -0.381 e. The summed E-state index contributed by atoms with van der Waals surface area (Å²) in [6, 6.07) is 0. The van der Waals surface area contributed by atoms with Crippen LogP contribution in [0.5, 0.6) is 0 Å². The first-order valence-electron chi connectivity index (χ1n) is 7.80. The van der Waals surface area contributed by atoms with Crippen LogP contribution in [0.3, 0.4) is 0 Å². The summed E-state index contributed by atoms with van der Waals surface area (Å²) in [7, 11) is 0. The van der Waals surface area contributed by atoms with Crippen LogP contribution in [0.15, 0.2) is 6.20 Å². The lowest BCUT2D eigenvalue weighted by Gasteiger charge is -2.38. The van der Waals surface area contributed by atoms with Gasteiger partial charge in [-0.2, -0.15) is 0 Å². The lowest BCUT2D eigenvalue weighted by atomic mass is 9.84. The van der Waals surface area contributed by atoms with Crippen LogP contribution in [-0.2, 0) is 0 Å². The summed E-state index contributed by atoms with van der Waals surface area (Å²) in [5.74, 6) is 2.00. The summed E-state index contributed by atoms with van der Waals surface area (Å²) in [5.41, 5.74) is 8.23. The Balaban J connectivity index is 1.83. The van der Waals surface area contributed by atoms with Gasteiger partial charge in [0, 0.05) is 30.9 Å². The van der Waals surface area contributed by atoms with Crippen molar-refractivity contribution < 1.29 is 0 Å². The molecule has 0 unspecified atom stereocenters. The Hall–Kier alpha value is -1.85. The van der Waals surface area contributed by atoms with Crippen molar-refractivity contribution in [3.63, 3.8) is 0 Å². The second-order valence-electron chi connectivity index (χ2n) is 7.19. The number of anilines is 2. The molecule has 6 heteroatoms. The number of hydrogen-bond acceptors (Lipinski definition) is 5. The van der Waals surface area contributed by atoms with Crippen LogP contribution < -0.4 is 10.6 Å². The summed E-state index contributed by atoms with van der Waals surface area (Å²) in [6.45, 7) is 6.69. The molecule has 0 atom stereocenters. The summed E-state index contributed by atoms with van der Waals surface area (Å²) >= 11 is 0. The van der Waals surface area contributed by atoms with Crippen LogP contribution in [0.2, 0.25) is 0 Å². The summed E-state index contributed by atoms with van der Waals surface area (Å²) in [4.78, 5) is 6.65. The van der Waals surface area contributed by atoms with Gasteiger partial charge in [0.15, 0.2) is 5.82 Å². The van der Waals surface area contributed by atoms with Crippen molar-refractivity contribution in [1.82, 2.24) is 19.6 Å². The zero-order valence-corrected chi connectivity index (χ0v) is 12.7. The predicted molar refractivity (Wildman–Crippen MR) is 82.4 cm³/mol. The number of aromatic nitrogens is 4. The Morgan fingerprint density at radius 2 is 2.10 bits per heavy atom. The maximum absolute atomic E-state index is 5.99. The molecule has 0 bridgehead atoms. The molecule has 2 N–H and O–H groups in total. The molecule has 0 spiro atoms. The minimum absolute atomic E-state index is 0.322. The van der Waals surface area contributed by atoms with E-state index in [1.165, 1.54) is 31.4 Å². The fraction of sp³-hybridized carbons (Fsp3) is 0.667. The molecule has 2 aromatic rings. The van der Waals surface area contributed by atoms with E-state index in [1.807, 2.05) is 6.20 Å². The van der Waals surface area contributed by atoms with E-state index in [0.717, 1.165) is 19.0 Å². The van der Waals surface area contributed by atoms with Crippen molar-refractivity contribution in [3.8, 4) is 0 Å². The van der Waals surface area contributed by atoms with Gasteiger partial charge in [-0.15, -0.1) is 10.2 Å². The lowest BCUT2D eigenvalue weighted by molar-refractivity contribution is 0.290. The molecule has 112 valence electrons. The molecule has 0 aromatic carbocycles. The SMILES string of the molecule is CC1(C)CCCN(c2nnc3c(N)ncc(C4CC4)n23)C1. The van der Waals surface area contributed by atoms with Gasteiger partial charge in [0.1, 0.15) is 0 Å². The van der Waals surface area contributed by atoms with Gasteiger partial charge in [-0.05, 0) is 31.1 Å². The second kappa shape index (κ2) is 4.32. The first-order chi connectivity index (χ1) is 10.1. The number of fused-ring (bicyclic) bond motifs is 1. The maximum atomic E-state index is 5.99. The van der Waals surface area contributed by atoms with E-state index in [9.17, 15) is 0 Å². The number of nitrogens with two attached hydrogens (primary N) is 1. The van der Waals surface area contributed by atoms with E-state index < -0.39 is 0 Å². The van der Waals surface area contributed by atoms with E-state index >= 15 is 0 Å². The Morgan fingerprint density at radius 1 is 1.29 bits per heavy atom. The highest BCUT2D eigenvalue weighted by atomic mass is 15.4. The predicted octanol–water partition coefficient (Wildman–Crippen LogP) is 2.21. The number of nitrogens with zero attached hydrogens (tertiary/aromatic N) is 5. The normalized spacial score (nSPS) is 21.9. The molecule has 6 nitrogen and oxygen atoms in total. The third-order valence-corrected chi connectivity index (χ3v) is 4.65. The van der Waals surface area contributed by atoms with Crippen molar-refractivity contribution >= 4 is 17.4 Å². The molecule has 1 saturated carbocycles. The Morgan fingerprint density at radius 3 is 2.81 bits per heavy atom. The quantitative estimate of drug-likeness (QED) is 0.916. The monoisotopic (exact) mass is 286 g/mol. The third-order valence-electron chi connectivity index (χ3n) is 4.65. The van der Waals surface area contributed by atoms with E-state index in [2.05, 4.69) is 38.3 Å². The summed E-state index contributed by atoms with van der Waals surface area (Å²) in [5, 5.41) is 8.73. The molecular formula is C15H22N6. The maximum Gasteiger partial charge on any atom is 0.232 e. The van der Waals surface area contributed by atoms with Crippen molar-refractivity contribution in [1.29, 1.82) is 0 Å². The standard InChI is InChI=1S/C15H22N6/c1-15(2)6-3-7-20(9-15)14-19-18-13-12(16)17-8-11(21(13)14)10-4-5-10/h8,10H,3-7,9H2,1-2H3,(H2,16,17). The van der Waals surface area contributed by atoms with E-state index in [-0.39, 0.29) is 0 Å². The van der Waals surface area contributed by atoms with Gasteiger partial charge in [-0.3, -0.25) is 4.40 Å². The number of nitrogen functional groups attached to an aromatic ring is 1. The van der Waals surface area contributed by atoms with E-state index in [0.29, 0.717) is 22.8 Å².